The number of aliphatic carboxylic acids is 4. The van der Waals surface area contributed by atoms with Gasteiger partial charge in [0.25, 0.3) is 0 Å². The van der Waals surface area contributed by atoms with Crippen molar-refractivity contribution in [3.8, 4) is 0 Å². The van der Waals surface area contributed by atoms with Crippen LogP contribution in [0.25, 0.3) is 0 Å². The van der Waals surface area contributed by atoms with Gasteiger partial charge in [0, 0.05) is 37.0 Å². The molecule has 0 aliphatic carbocycles. The van der Waals surface area contributed by atoms with Crippen molar-refractivity contribution in [1.29, 1.82) is 0 Å². The Kier molecular flexibility index (Phi) is 60.4. The smallest absolute Gasteiger partial charge is 0.550 e. The molecule has 0 saturated heterocycles. The molecule has 0 saturated carbocycles. The Morgan fingerprint density at radius 2 is 0.636 bits per heavy atom. The second kappa shape index (κ2) is 44.2. The van der Waals surface area contributed by atoms with Crippen LogP contribution in [0.15, 0.2) is 0 Å². The molecule has 0 aliphatic heterocycles. The summed E-state index contributed by atoms with van der Waals surface area (Å²) < 4.78 is 0. The molecule has 200 valence electrons. The fraction of sp³-hybridized carbons (Fsp3) is 0.818. The number of carbonyl (C=O) groups excluding carboxylic acids is 4. The van der Waals surface area contributed by atoms with E-state index in [-0.39, 0.29) is 46.7 Å². The Hall–Kier alpha value is -1.51. The van der Waals surface area contributed by atoms with Gasteiger partial charge in [-0.3, -0.25) is 0 Å². The van der Waals surface area contributed by atoms with Crippen molar-refractivity contribution >= 4 is 23.9 Å². The van der Waals surface area contributed by atoms with E-state index in [0.29, 0.717) is 13.1 Å². The van der Waals surface area contributed by atoms with Gasteiger partial charge in [-0.25, -0.2) is 0 Å². The van der Waals surface area contributed by atoms with Gasteiger partial charge in [-0.1, -0.05) is 53.4 Å². The Morgan fingerprint density at radius 1 is 0.485 bits per heavy atom. The van der Waals surface area contributed by atoms with E-state index in [1.54, 1.807) is 0 Å². The van der Waals surface area contributed by atoms with Gasteiger partial charge in [0.2, 0.25) is 0 Å². The first-order chi connectivity index (χ1) is 15.0. The summed E-state index contributed by atoms with van der Waals surface area (Å²) in [4.78, 5) is 38.6. The van der Waals surface area contributed by atoms with Gasteiger partial charge in [0.05, 0.1) is 0 Å². The first-order valence-corrected chi connectivity index (χ1v) is 11.2. The van der Waals surface area contributed by atoms with Gasteiger partial charge >= 0.3 is 21.1 Å². The number of hydrogen-bond donors (Lipinski definition) is 2. The Balaban J connectivity index is -0.0000000693. The zero-order chi connectivity index (χ0) is 26.2. The fourth-order valence-electron chi connectivity index (χ4n) is 1.28. The third-order valence-electron chi connectivity index (χ3n) is 3.10. The van der Waals surface area contributed by atoms with Crippen LogP contribution in [0.3, 0.4) is 0 Å². The predicted octanol–water partition coefficient (Wildman–Crippen LogP) is -1.39. The van der Waals surface area contributed by atoms with E-state index < -0.39 is 23.9 Å². The predicted molar refractivity (Wildman–Crippen MR) is 116 cm³/mol. The summed E-state index contributed by atoms with van der Waals surface area (Å²) in [5.41, 5.74) is 9.81. The normalized spacial score (nSPS) is 8.30. The number of carboxylic acids is 4. The van der Waals surface area contributed by atoms with Gasteiger partial charge in [-0.15, -0.1) is 0 Å². The van der Waals surface area contributed by atoms with Gasteiger partial charge in [-0.05, 0) is 51.4 Å². The van der Waals surface area contributed by atoms with Crippen LogP contribution in [-0.2, 0) is 40.2 Å². The van der Waals surface area contributed by atoms with Crippen molar-refractivity contribution in [1.82, 2.24) is 0 Å². The van der Waals surface area contributed by atoms with Crippen molar-refractivity contribution in [2.24, 2.45) is 11.5 Å². The maximum Gasteiger partial charge on any atom is 4.00 e. The molecular weight excluding hydrogens is 615 g/mol. The Morgan fingerprint density at radius 3 is 0.667 bits per heavy atom. The molecule has 0 aromatic heterocycles. The van der Waals surface area contributed by atoms with Crippen LogP contribution >= 0.6 is 0 Å². The second-order valence-corrected chi connectivity index (χ2v) is 6.48. The van der Waals surface area contributed by atoms with Crippen LogP contribution in [-0.4, -0.2) is 37.0 Å². The largest absolute Gasteiger partial charge is 4.00 e. The van der Waals surface area contributed by atoms with Crippen LogP contribution in [0.4, 0.5) is 0 Å². The molecule has 0 aromatic carbocycles. The summed E-state index contributed by atoms with van der Waals surface area (Å²) >= 11 is 0. The number of unbranched alkanes of at least 4 members (excludes halogenated alkanes) is 4. The van der Waals surface area contributed by atoms with E-state index in [1.165, 1.54) is 0 Å². The van der Waals surface area contributed by atoms with E-state index in [1.807, 2.05) is 27.7 Å². The summed E-state index contributed by atoms with van der Waals surface area (Å²) in [6.07, 6.45) is 7.47. The quantitative estimate of drug-likeness (QED) is 0.236. The Bertz CT molecular complexity index is 351. The van der Waals surface area contributed by atoms with Crippen LogP contribution in [0.1, 0.15) is 105 Å². The van der Waals surface area contributed by atoms with E-state index in [0.717, 1.165) is 51.4 Å². The maximum absolute atomic E-state index is 9.65. The topological polar surface area (TPSA) is 213 Å². The van der Waals surface area contributed by atoms with Gasteiger partial charge < -0.3 is 51.1 Å². The zero-order valence-electron chi connectivity index (χ0n) is 20.6. The molecule has 4 N–H and O–H groups in total. The standard InChI is InChI=1S/4C5H10O2.C2H8N2.Pt/c4*1-2-3-4-5(6)7;3-1-2-4;/h4*2-4H2,1H3,(H,6,7);1-4H2;/q;;;;;+4/p-4. The molecule has 0 aliphatic rings. The molecule has 0 fully saturated rings. The Labute approximate surface area is 213 Å². The summed E-state index contributed by atoms with van der Waals surface area (Å²) in [5.74, 6) is -3.77. The van der Waals surface area contributed by atoms with Crippen molar-refractivity contribution in [3.05, 3.63) is 0 Å². The average molecular weight is 660 g/mol. The molecule has 11 heteroatoms. The number of nitrogens with two attached hydrogens (primary N) is 2. The van der Waals surface area contributed by atoms with E-state index >= 15 is 0 Å². The third-order valence-corrected chi connectivity index (χ3v) is 3.10. The minimum Gasteiger partial charge on any atom is -0.550 e. The van der Waals surface area contributed by atoms with Crippen LogP contribution < -0.4 is 31.9 Å². The number of hydrogen-bond acceptors (Lipinski definition) is 10. The molecule has 33 heavy (non-hydrogen) atoms. The summed E-state index contributed by atoms with van der Waals surface area (Å²) in [7, 11) is 0. The van der Waals surface area contributed by atoms with E-state index in [2.05, 4.69) is 0 Å². The number of rotatable bonds is 13. The molecule has 0 spiro atoms. The van der Waals surface area contributed by atoms with Crippen LogP contribution in [0.2, 0.25) is 0 Å². The van der Waals surface area contributed by atoms with Crippen molar-refractivity contribution < 1.29 is 60.7 Å². The molecule has 0 amide bonds. The molecule has 0 atom stereocenters. The second-order valence-electron chi connectivity index (χ2n) is 6.48. The minimum atomic E-state index is -0.943. The maximum atomic E-state index is 9.65. The molecular formula is C22H44N2O8Pt. The third kappa shape index (κ3) is 103. The van der Waals surface area contributed by atoms with Crippen molar-refractivity contribution in [2.45, 2.75) is 105 Å². The van der Waals surface area contributed by atoms with Crippen molar-refractivity contribution in [2.75, 3.05) is 13.1 Å². The average Bonchev–Trinajstić information content (AvgIpc) is 2.74. The molecule has 0 unspecified atom stereocenters. The molecule has 0 aromatic rings. The summed E-state index contributed by atoms with van der Waals surface area (Å²) in [6, 6.07) is 0. The number of carbonyl (C=O) groups is 4. The first-order valence-electron chi connectivity index (χ1n) is 11.2. The van der Waals surface area contributed by atoms with E-state index in [9.17, 15) is 39.6 Å². The zero-order valence-corrected chi connectivity index (χ0v) is 22.9. The first kappa shape index (κ1) is 45.1. The molecule has 0 bridgehead atoms. The molecule has 10 nitrogen and oxygen atoms in total. The van der Waals surface area contributed by atoms with Gasteiger partial charge in [0.15, 0.2) is 0 Å². The van der Waals surface area contributed by atoms with Gasteiger partial charge in [0.1, 0.15) is 0 Å². The fourth-order valence-corrected chi connectivity index (χ4v) is 1.28. The van der Waals surface area contributed by atoms with Crippen LogP contribution in [0, 0.1) is 0 Å². The SMILES string of the molecule is CCCCC(=O)[O-].CCCCC(=O)[O-].CCCCC(=O)[O-].CCCCC(=O)[O-].NCCN.[Pt+4]. The summed E-state index contributed by atoms with van der Waals surface area (Å²) in [5, 5.41) is 38.6. The molecule has 0 heterocycles. The monoisotopic (exact) mass is 659 g/mol. The minimum absolute atomic E-state index is 0. The van der Waals surface area contributed by atoms with Gasteiger partial charge in [-0.2, -0.15) is 0 Å². The molecule has 0 rings (SSSR count). The number of carboxylic acid groups (broad SMARTS) is 4. The van der Waals surface area contributed by atoms with E-state index in [4.69, 9.17) is 11.5 Å². The van der Waals surface area contributed by atoms with Crippen LogP contribution in [0.5, 0.6) is 0 Å². The van der Waals surface area contributed by atoms with Crippen molar-refractivity contribution in [3.63, 3.8) is 0 Å². The summed E-state index contributed by atoms with van der Waals surface area (Å²) in [6.45, 7) is 8.98. The molecule has 0 radical (unpaired) electrons.